The van der Waals surface area contributed by atoms with E-state index in [0.717, 1.165) is 5.56 Å². The smallest absolute Gasteiger partial charge is 0.192 e. The van der Waals surface area contributed by atoms with Crippen molar-refractivity contribution in [3.8, 4) is 11.3 Å². The van der Waals surface area contributed by atoms with E-state index in [1.54, 1.807) is 0 Å². The quantitative estimate of drug-likeness (QED) is 0.687. The molecule has 2 rings (SSSR count). The van der Waals surface area contributed by atoms with Crippen LogP contribution in [0.15, 0.2) is 45.6 Å². The number of rotatable bonds is 1. The summed E-state index contributed by atoms with van der Waals surface area (Å²) in [6, 6.07) is 10.9. The number of hydrogen-bond acceptors (Lipinski definition) is 2. The molecule has 0 saturated carbocycles. The molecule has 0 N–H and O–H groups in total. The average Bonchev–Trinajstić information content (AvgIpc) is 2.26. The van der Waals surface area contributed by atoms with Gasteiger partial charge in [0.1, 0.15) is 11.2 Å². The third-order valence-electron chi connectivity index (χ3n) is 2.19. The monoisotopic (exact) mass is 198 g/mol. The lowest BCUT2D eigenvalue weighted by Crippen LogP contribution is -2.35. The van der Waals surface area contributed by atoms with Crippen LogP contribution >= 0.6 is 0 Å². The molecule has 0 aliphatic heterocycles. The first-order valence-corrected chi connectivity index (χ1v) is 4.56. The second-order valence-corrected chi connectivity index (χ2v) is 3.24. The zero-order valence-electron chi connectivity index (χ0n) is 8.19. The Bertz CT molecular complexity index is 590. The van der Waals surface area contributed by atoms with Gasteiger partial charge in [-0.25, -0.2) is 0 Å². The van der Waals surface area contributed by atoms with Crippen LogP contribution in [0, 0.1) is 0 Å². The van der Waals surface area contributed by atoms with Crippen LogP contribution in [-0.2, 0) is 0 Å². The van der Waals surface area contributed by atoms with Crippen molar-refractivity contribution in [3.05, 3.63) is 57.3 Å². The Hall–Kier alpha value is -2.09. The molecule has 0 amide bonds. The van der Waals surface area contributed by atoms with E-state index in [2.05, 4.69) is 13.2 Å². The standard InChI is InChI=1S/C13H10O2/c1-9-10(2)15-13(8-12(9)14)11-6-4-3-5-7-11/h3-8H,1-2H2. The summed E-state index contributed by atoms with van der Waals surface area (Å²) in [7, 11) is 0. The van der Waals surface area contributed by atoms with Crippen LogP contribution in [0.25, 0.3) is 24.5 Å². The van der Waals surface area contributed by atoms with Gasteiger partial charge in [0, 0.05) is 11.6 Å². The minimum atomic E-state index is -0.148. The first-order valence-electron chi connectivity index (χ1n) is 4.56. The van der Waals surface area contributed by atoms with E-state index >= 15 is 0 Å². The van der Waals surface area contributed by atoms with E-state index in [4.69, 9.17) is 4.42 Å². The largest absolute Gasteiger partial charge is 0.456 e. The van der Waals surface area contributed by atoms with Crippen molar-refractivity contribution >= 4 is 13.2 Å². The predicted molar refractivity (Wildman–Crippen MR) is 60.7 cm³/mol. The molecule has 74 valence electrons. The first kappa shape index (κ1) is 9.46. The topological polar surface area (TPSA) is 30.2 Å². The van der Waals surface area contributed by atoms with Gasteiger partial charge in [0.15, 0.2) is 5.43 Å². The lowest BCUT2D eigenvalue weighted by Gasteiger charge is -1.99. The van der Waals surface area contributed by atoms with Crippen molar-refractivity contribution in [2.45, 2.75) is 0 Å². The molecule has 0 fully saturated rings. The predicted octanol–water partition coefficient (Wildman–Crippen LogP) is 1.13. The molecule has 0 bridgehead atoms. The van der Waals surface area contributed by atoms with Crippen LogP contribution in [0.4, 0.5) is 0 Å². The average molecular weight is 198 g/mol. The van der Waals surface area contributed by atoms with Gasteiger partial charge in [-0.1, -0.05) is 43.5 Å². The number of benzene rings is 1. The summed E-state index contributed by atoms with van der Waals surface area (Å²) >= 11 is 0. The molecule has 1 aromatic carbocycles. The van der Waals surface area contributed by atoms with E-state index < -0.39 is 0 Å². The molecule has 1 aromatic heterocycles. The third-order valence-corrected chi connectivity index (χ3v) is 2.19. The van der Waals surface area contributed by atoms with Gasteiger partial charge in [-0.3, -0.25) is 4.79 Å². The molecule has 2 nitrogen and oxygen atoms in total. The maximum atomic E-state index is 11.5. The molecule has 0 spiro atoms. The normalized spacial score (nSPS) is 10.1. The van der Waals surface area contributed by atoms with Crippen LogP contribution in [0.5, 0.6) is 0 Å². The summed E-state index contributed by atoms with van der Waals surface area (Å²) in [5.74, 6) is 0.526. The lowest BCUT2D eigenvalue weighted by molar-refractivity contribution is 0.525. The minimum Gasteiger partial charge on any atom is -0.456 e. The van der Waals surface area contributed by atoms with Crippen LogP contribution < -0.4 is 16.1 Å². The molecule has 2 heteroatoms. The van der Waals surface area contributed by atoms with Gasteiger partial charge in [-0.15, -0.1) is 0 Å². The molecule has 2 aromatic rings. The Morgan fingerprint density at radius 2 is 1.73 bits per heavy atom. The van der Waals surface area contributed by atoms with E-state index in [0.29, 0.717) is 16.4 Å². The van der Waals surface area contributed by atoms with Gasteiger partial charge >= 0.3 is 0 Å². The zero-order chi connectivity index (χ0) is 10.8. The van der Waals surface area contributed by atoms with Gasteiger partial charge in [0.2, 0.25) is 0 Å². The molecule has 0 unspecified atom stereocenters. The van der Waals surface area contributed by atoms with Crippen LogP contribution in [0.2, 0.25) is 0 Å². The zero-order valence-corrected chi connectivity index (χ0v) is 8.19. The van der Waals surface area contributed by atoms with Crippen LogP contribution in [0.3, 0.4) is 0 Å². The maximum absolute atomic E-state index is 11.5. The highest BCUT2D eigenvalue weighted by molar-refractivity contribution is 5.56. The fourth-order valence-corrected chi connectivity index (χ4v) is 1.31. The van der Waals surface area contributed by atoms with Crippen molar-refractivity contribution in [2.75, 3.05) is 0 Å². The van der Waals surface area contributed by atoms with Gasteiger partial charge < -0.3 is 4.42 Å². The van der Waals surface area contributed by atoms with E-state index in [9.17, 15) is 4.79 Å². The summed E-state index contributed by atoms with van der Waals surface area (Å²) in [4.78, 5) is 11.5. The lowest BCUT2D eigenvalue weighted by atomic mass is 10.1. The molecular weight excluding hydrogens is 188 g/mol. The summed E-state index contributed by atoms with van der Waals surface area (Å²) in [5.41, 5.74) is 1.03. The molecule has 0 aliphatic carbocycles. The van der Waals surface area contributed by atoms with E-state index in [-0.39, 0.29) is 5.43 Å². The van der Waals surface area contributed by atoms with Gasteiger partial charge in [-0.2, -0.15) is 0 Å². The van der Waals surface area contributed by atoms with Crippen molar-refractivity contribution in [2.24, 2.45) is 0 Å². The first-order chi connectivity index (χ1) is 7.18. The highest BCUT2D eigenvalue weighted by Gasteiger charge is 2.01. The van der Waals surface area contributed by atoms with Gasteiger partial charge in [-0.05, 0) is 0 Å². The Morgan fingerprint density at radius 3 is 2.33 bits per heavy atom. The second kappa shape index (κ2) is 3.58. The fraction of sp³-hybridized carbons (Fsp3) is 0. The molecule has 0 atom stereocenters. The molecule has 1 heterocycles. The van der Waals surface area contributed by atoms with Crippen molar-refractivity contribution < 1.29 is 4.42 Å². The summed E-state index contributed by atoms with van der Waals surface area (Å²) < 4.78 is 5.40. The summed E-state index contributed by atoms with van der Waals surface area (Å²) in [6.07, 6.45) is 0. The summed E-state index contributed by atoms with van der Waals surface area (Å²) in [6.45, 7) is 7.22. The molecule has 15 heavy (non-hydrogen) atoms. The van der Waals surface area contributed by atoms with E-state index in [1.807, 2.05) is 30.3 Å². The highest BCUT2D eigenvalue weighted by atomic mass is 16.3. The highest BCUT2D eigenvalue weighted by Crippen LogP contribution is 2.14. The molecular formula is C13H10O2. The number of hydrogen-bond donors (Lipinski definition) is 0. The van der Waals surface area contributed by atoms with Gasteiger partial charge in [0.25, 0.3) is 0 Å². The van der Waals surface area contributed by atoms with Gasteiger partial charge in [0.05, 0.1) is 5.22 Å². The molecule has 0 radical (unpaired) electrons. The Kier molecular flexibility index (Phi) is 2.26. The fourth-order valence-electron chi connectivity index (χ4n) is 1.31. The third kappa shape index (κ3) is 1.74. The Morgan fingerprint density at radius 1 is 1.07 bits per heavy atom. The van der Waals surface area contributed by atoms with Crippen molar-refractivity contribution in [1.82, 2.24) is 0 Å². The molecule has 0 aliphatic rings. The Balaban J connectivity index is 2.72. The minimum absolute atomic E-state index is 0.148. The van der Waals surface area contributed by atoms with Crippen LogP contribution in [0.1, 0.15) is 0 Å². The maximum Gasteiger partial charge on any atom is 0.192 e. The summed E-state index contributed by atoms with van der Waals surface area (Å²) in [5, 5.41) is 0.315. The second-order valence-electron chi connectivity index (χ2n) is 3.24. The SMILES string of the molecule is C=c1oc(-c2ccccc2)cc(=O)c1=C. The van der Waals surface area contributed by atoms with E-state index in [1.165, 1.54) is 6.07 Å². The van der Waals surface area contributed by atoms with Crippen LogP contribution in [-0.4, -0.2) is 0 Å². The Labute approximate surface area is 86.8 Å². The molecule has 0 saturated heterocycles. The van der Waals surface area contributed by atoms with Crippen molar-refractivity contribution in [1.29, 1.82) is 0 Å². The van der Waals surface area contributed by atoms with Crippen molar-refractivity contribution in [3.63, 3.8) is 0 Å².